The van der Waals surface area contributed by atoms with Crippen LogP contribution in [0.15, 0.2) is 48.5 Å². The molecular weight excluding hydrogens is 550 g/mol. The van der Waals surface area contributed by atoms with Gasteiger partial charge in [-0.2, -0.15) is 15.0 Å². The van der Waals surface area contributed by atoms with E-state index in [4.69, 9.17) is 18.9 Å². The number of fused-ring (bicyclic) bond motifs is 3. The Labute approximate surface area is 251 Å². The molecule has 2 heterocycles. The number of hydrogen-bond acceptors (Lipinski definition) is 11. The quantitative estimate of drug-likeness (QED) is 0.182. The molecule has 2 aliphatic carbocycles. The summed E-state index contributed by atoms with van der Waals surface area (Å²) in [5.41, 5.74) is 1.67. The number of benzene rings is 2. The minimum atomic E-state index is -0.107. The van der Waals surface area contributed by atoms with Crippen molar-refractivity contribution in [3.63, 3.8) is 0 Å². The summed E-state index contributed by atoms with van der Waals surface area (Å²) in [6, 6.07) is 15.4. The van der Waals surface area contributed by atoms with E-state index in [0.717, 1.165) is 23.0 Å². The zero-order valence-electron chi connectivity index (χ0n) is 24.2. The first-order chi connectivity index (χ1) is 21.2. The summed E-state index contributed by atoms with van der Waals surface area (Å²) in [5, 5.41) is 13.0. The van der Waals surface area contributed by atoms with Crippen LogP contribution in [0.25, 0.3) is 0 Å². The number of aromatic nitrogens is 3. The molecule has 0 radical (unpaired) electrons. The Hall–Kier alpha value is -4.16. The fourth-order valence-corrected chi connectivity index (χ4v) is 5.90. The summed E-state index contributed by atoms with van der Waals surface area (Å²) < 4.78 is 22.2. The third-order valence-corrected chi connectivity index (χ3v) is 8.05. The van der Waals surface area contributed by atoms with Crippen LogP contribution in [0, 0.1) is 11.8 Å². The van der Waals surface area contributed by atoms with Crippen molar-refractivity contribution in [1.29, 1.82) is 0 Å². The van der Waals surface area contributed by atoms with Crippen molar-refractivity contribution in [2.24, 2.45) is 11.8 Å². The molecule has 228 valence electrons. The Morgan fingerprint density at radius 2 is 1.58 bits per heavy atom. The lowest BCUT2D eigenvalue weighted by Gasteiger charge is -2.23. The minimum absolute atomic E-state index is 0.107. The second-order valence-corrected chi connectivity index (χ2v) is 11.0. The third-order valence-electron chi connectivity index (χ3n) is 8.05. The topological polar surface area (TPSA) is 141 Å². The summed E-state index contributed by atoms with van der Waals surface area (Å²) in [6.45, 7) is 3.54. The van der Waals surface area contributed by atoms with Crippen LogP contribution in [0.3, 0.4) is 0 Å². The Bertz CT molecular complexity index is 1360. The van der Waals surface area contributed by atoms with Crippen LogP contribution in [0.4, 0.5) is 17.8 Å². The van der Waals surface area contributed by atoms with Crippen LogP contribution < -0.4 is 30.7 Å². The summed E-state index contributed by atoms with van der Waals surface area (Å²) in [5.74, 6) is 4.47. The average molecular weight is 590 g/mol. The van der Waals surface area contributed by atoms with Crippen molar-refractivity contribution in [3.8, 4) is 11.5 Å². The van der Waals surface area contributed by atoms with Gasteiger partial charge in [-0.15, -0.1) is 0 Å². The largest absolute Gasteiger partial charge is 0.454 e. The number of nitrogens with one attached hydrogen (secondary N) is 4. The number of hydrogen-bond donors (Lipinski definition) is 4. The summed E-state index contributed by atoms with van der Waals surface area (Å²) >= 11 is 0. The summed E-state index contributed by atoms with van der Waals surface area (Å²) in [6.07, 6.45) is 5.09. The summed E-state index contributed by atoms with van der Waals surface area (Å²) in [4.78, 5) is 26.0. The number of rotatable bonds is 16. The first-order valence-electron chi connectivity index (χ1n) is 15.1. The number of nitrogens with zero attached hydrogens (tertiary/aromatic N) is 3. The monoisotopic (exact) mass is 589 g/mol. The molecule has 2 bridgehead atoms. The predicted molar refractivity (Wildman–Crippen MR) is 161 cm³/mol. The highest BCUT2D eigenvalue weighted by atomic mass is 16.7. The molecule has 3 atom stereocenters. The second-order valence-electron chi connectivity index (χ2n) is 11.0. The van der Waals surface area contributed by atoms with Gasteiger partial charge in [-0.3, -0.25) is 4.79 Å². The van der Waals surface area contributed by atoms with E-state index < -0.39 is 0 Å². The van der Waals surface area contributed by atoms with Gasteiger partial charge in [-0.25, -0.2) is 0 Å². The van der Waals surface area contributed by atoms with Crippen molar-refractivity contribution in [1.82, 2.24) is 20.3 Å². The van der Waals surface area contributed by atoms with Gasteiger partial charge in [-0.1, -0.05) is 30.7 Å². The fourth-order valence-electron chi connectivity index (χ4n) is 5.90. The maximum atomic E-state index is 12.0. The lowest BCUT2D eigenvalue weighted by Crippen LogP contribution is -2.27. The normalized spacial score (nSPS) is 19.8. The van der Waals surface area contributed by atoms with Crippen LogP contribution in [-0.4, -0.2) is 73.2 Å². The van der Waals surface area contributed by atoms with Crippen molar-refractivity contribution in [2.75, 3.05) is 62.3 Å². The SMILES string of the molecule is O=C(NCCOCCOCCNc1nc(NCc2ccc3c(c2)OCO3)nc(NC2CC3CCC2C3)n1)c1ccccc1. The van der Waals surface area contributed by atoms with E-state index in [1.54, 1.807) is 12.1 Å². The van der Waals surface area contributed by atoms with Gasteiger partial charge in [0.25, 0.3) is 5.91 Å². The van der Waals surface area contributed by atoms with Crippen molar-refractivity contribution < 1.29 is 23.7 Å². The van der Waals surface area contributed by atoms with Gasteiger partial charge < -0.3 is 40.2 Å². The second kappa shape index (κ2) is 14.3. The lowest BCUT2D eigenvalue weighted by molar-refractivity contribution is 0.0519. The molecule has 43 heavy (non-hydrogen) atoms. The molecule has 3 unspecified atom stereocenters. The average Bonchev–Trinajstić information content (AvgIpc) is 3.79. The zero-order chi connectivity index (χ0) is 29.3. The highest BCUT2D eigenvalue weighted by Crippen LogP contribution is 2.45. The molecule has 3 aliphatic rings. The molecule has 1 aromatic heterocycles. The number of anilines is 3. The highest BCUT2D eigenvalue weighted by molar-refractivity contribution is 5.94. The molecule has 0 saturated heterocycles. The standard InChI is InChI=1S/C31H39N7O5/c39-28(23-4-2-1-3-5-23)32-10-12-40-14-15-41-13-11-33-29-36-30(34-19-22-7-9-26-27(18-22)43-20-42-26)38-31(37-29)35-25-17-21-6-8-24(25)16-21/h1-5,7,9,18,21,24-25H,6,8,10-17,19-20H2,(H,32,39)(H3,33,34,35,36,37,38). The molecular formula is C31H39N7O5. The van der Waals surface area contributed by atoms with Gasteiger partial charge in [-0.05, 0) is 60.9 Å². The van der Waals surface area contributed by atoms with E-state index in [-0.39, 0.29) is 12.7 Å². The molecule has 12 heteroatoms. The molecule has 3 aromatic rings. The van der Waals surface area contributed by atoms with Gasteiger partial charge in [0.1, 0.15) is 0 Å². The maximum Gasteiger partial charge on any atom is 0.251 e. The van der Waals surface area contributed by atoms with Crippen LogP contribution in [0.2, 0.25) is 0 Å². The van der Waals surface area contributed by atoms with Gasteiger partial charge in [0.2, 0.25) is 24.6 Å². The fraction of sp³-hybridized carbons (Fsp3) is 0.484. The van der Waals surface area contributed by atoms with E-state index >= 15 is 0 Å². The number of carbonyl (C=O) groups is 1. The maximum absolute atomic E-state index is 12.0. The smallest absolute Gasteiger partial charge is 0.251 e. The van der Waals surface area contributed by atoms with Crippen LogP contribution in [0.5, 0.6) is 11.5 Å². The van der Waals surface area contributed by atoms with E-state index in [9.17, 15) is 4.79 Å². The Kier molecular flexibility index (Phi) is 9.65. The van der Waals surface area contributed by atoms with Crippen molar-refractivity contribution >= 4 is 23.8 Å². The number of amides is 1. The lowest BCUT2D eigenvalue weighted by atomic mass is 9.95. The van der Waals surface area contributed by atoms with Crippen LogP contribution >= 0.6 is 0 Å². The zero-order valence-corrected chi connectivity index (χ0v) is 24.2. The predicted octanol–water partition coefficient (Wildman–Crippen LogP) is 3.69. The van der Waals surface area contributed by atoms with E-state index in [1.807, 2.05) is 36.4 Å². The van der Waals surface area contributed by atoms with Gasteiger partial charge in [0.15, 0.2) is 11.5 Å². The molecule has 2 aromatic carbocycles. The highest BCUT2D eigenvalue weighted by Gasteiger charge is 2.39. The first-order valence-corrected chi connectivity index (χ1v) is 15.1. The first kappa shape index (κ1) is 28.9. The Morgan fingerprint density at radius 3 is 2.37 bits per heavy atom. The minimum Gasteiger partial charge on any atom is -0.454 e. The van der Waals surface area contributed by atoms with E-state index in [0.29, 0.717) is 81.4 Å². The Morgan fingerprint density at radius 1 is 0.814 bits per heavy atom. The molecule has 1 amide bonds. The van der Waals surface area contributed by atoms with Crippen molar-refractivity contribution in [3.05, 3.63) is 59.7 Å². The van der Waals surface area contributed by atoms with E-state index in [1.165, 1.54) is 25.7 Å². The number of carbonyl (C=O) groups excluding carboxylic acids is 1. The van der Waals surface area contributed by atoms with Gasteiger partial charge in [0, 0.05) is 31.2 Å². The van der Waals surface area contributed by atoms with E-state index in [2.05, 4.69) is 36.2 Å². The van der Waals surface area contributed by atoms with Gasteiger partial charge in [0.05, 0.1) is 26.4 Å². The van der Waals surface area contributed by atoms with Crippen LogP contribution in [0.1, 0.15) is 41.6 Å². The number of ether oxygens (including phenoxy) is 4. The molecule has 4 N–H and O–H groups in total. The van der Waals surface area contributed by atoms with Gasteiger partial charge >= 0.3 is 0 Å². The summed E-state index contributed by atoms with van der Waals surface area (Å²) in [7, 11) is 0. The molecule has 1 aliphatic heterocycles. The molecule has 0 spiro atoms. The molecule has 2 fully saturated rings. The Balaban J connectivity index is 0.934. The van der Waals surface area contributed by atoms with Crippen LogP contribution in [-0.2, 0) is 16.0 Å². The van der Waals surface area contributed by atoms with Crippen molar-refractivity contribution in [2.45, 2.75) is 38.3 Å². The third kappa shape index (κ3) is 8.02. The molecule has 2 saturated carbocycles. The molecule has 12 nitrogen and oxygen atoms in total. The molecule has 6 rings (SSSR count).